The minimum atomic E-state index is -0.735. The summed E-state index contributed by atoms with van der Waals surface area (Å²) in [5.74, 6) is 0.844. The van der Waals surface area contributed by atoms with Gasteiger partial charge < -0.3 is 10.2 Å². The molecule has 1 fully saturated rings. The second kappa shape index (κ2) is 6.49. The predicted octanol–water partition coefficient (Wildman–Crippen LogP) is 4.47. The van der Waals surface area contributed by atoms with Crippen molar-refractivity contribution in [3.8, 4) is 0 Å². The summed E-state index contributed by atoms with van der Waals surface area (Å²) in [5, 5.41) is 21.5. The van der Waals surface area contributed by atoms with Crippen LogP contribution in [0.1, 0.15) is 66.7 Å². The van der Waals surface area contributed by atoms with Crippen LogP contribution in [-0.2, 0) is 0 Å². The van der Waals surface area contributed by atoms with E-state index in [2.05, 4.69) is 39.0 Å². The van der Waals surface area contributed by atoms with Gasteiger partial charge in [-0.15, -0.1) is 0 Å². The maximum Gasteiger partial charge on any atom is 0.0623 e. The molecule has 0 aromatic rings. The van der Waals surface area contributed by atoms with E-state index in [1.165, 1.54) is 12.0 Å². The zero-order valence-electron chi connectivity index (χ0n) is 15.0. The number of aliphatic hydroxyl groups excluding tert-OH is 1. The fourth-order valence-corrected chi connectivity index (χ4v) is 4.58. The largest absolute Gasteiger partial charge is 0.392 e. The maximum atomic E-state index is 10.9. The molecule has 0 aromatic carbocycles. The molecule has 2 N–H and O–H groups in total. The van der Waals surface area contributed by atoms with Crippen LogP contribution in [0.3, 0.4) is 0 Å². The van der Waals surface area contributed by atoms with Crippen molar-refractivity contribution in [2.24, 2.45) is 23.2 Å². The first kappa shape index (κ1) is 17.7. The van der Waals surface area contributed by atoms with Gasteiger partial charge in [0.25, 0.3) is 0 Å². The van der Waals surface area contributed by atoms with Crippen molar-refractivity contribution in [1.29, 1.82) is 0 Å². The lowest BCUT2D eigenvalue weighted by atomic mass is 9.68. The summed E-state index contributed by atoms with van der Waals surface area (Å²) < 4.78 is 0. The molecule has 0 heterocycles. The molecule has 1 saturated carbocycles. The molecule has 0 unspecified atom stereocenters. The summed E-state index contributed by atoms with van der Waals surface area (Å²) in [6.45, 7) is 10.5. The van der Waals surface area contributed by atoms with Crippen LogP contribution in [0, 0.1) is 23.2 Å². The van der Waals surface area contributed by atoms with Gasteiger partial charge in [-0.3, -0.25) is 0 Å². The maximum absolute atomic E-state index is 10.9. The van der Waals surface area contributed by atoms with E-state index < -0.39 is 5.60 Å². The van der Waals surface area contributed by atoms with Gasteiger partial charge in [0, 0.05) is 0 Å². The van der Waals surface area contributed by atoms with E-state index in [9.17, 15) is 10.2 Å². The van der Waals surface area contributed by atoms with E-state index in [4.69, 9.17) is 0 Å². The summed E-state index contributed by atoms with van der Waals surface area (Å²) in [5.41, 5.74) is 0.536. The van der Waals surface area contributed by atoms with Crippen LogP contribution >= 0.6 is 0 Å². The van der Waals surface area contributed by atoms with Crippen molar-refractivity contribution in [1.82, 2.24) is 0 Å². The van der Waals surface area contributed by atoms with Gasteiger partial charge >= 0.3 is 0 Å². The topological polar surface area (TPSA) is 40.5 Å². The van der Waals surface area contributed by atoms with E-state index in [-0.39, 0.29) is 23.4 Å². The molecule has 2 heteroatoms. The molecule has 0 spiro atoms. The van der Waals surface area contributed by atoms with Gasteiger partial charge in [-0.2, -0.15) is 0 Å². The van der Waals surface area contributed by atoms with Crippen LogP contribution in [0.5, 0.6) is 0 Å². The third-order valence-corrected chi connectivity index (χ3v) is 5.96. The van der Waals surface area contributed by atoms with E-state index in [0.717, 1.165) is 25.7 Å². The van der Waals surface area contributed by atoms with Gasteiger partial charge in [0.15, 0.2) is 0 Å². The van der Waals surface area contributed by atoms with Crippen molar-refractivity contribution >= 4 is 0 Å². The molecule has 0 amide bonds. The summed E-state index contributed by atoms with van der Waals surface area (Å²) >= 11 is 0. The zero-order valence-corrected chi connectivity index (χ0v) is 15.0. The number of rotatable bonds is 1. The fourth-order valence-electron chi connectivity index (χ4n) is 4.58. The molecule has 2 nitrogen and oxygen atoms in total. The zero-order chi connectivity index (χ0) is 16.5. The van der Waals surface area contributed by atoms with Crippen LogP contribution in [0.25, 0.3) is 0 Å². The lowest BCUT2D eigenvalue weighted by Crippen LogP contribution is -2.43. The average Bonchev–Trinajstić information content (AvgIpc) is 2.73. The van der Waals surface area contributed by atoms with Crippen molar-refractivity contribution < 1.29 is 10.2 Å². The Kier molecular flexibility index (Phi) is 5.23. The molecule has 5 atom stereocenters. The van der Waals surface area contributed by atoms with Crippen molar-refractivity contribution in [2.45, 2.75) is 78.4 Å². The number of hydrogen-bond acceptors (Lipinski definition) is 2. The Morgan fingerprint density at radius 2 is 1.95 bits per heavy atom. The van der Waals surface area contributed by atoms with Crippen molar-refractivity contribution in [2.75, 3.05) is 0 Å². The monoisotopic (exact) mass is 306 g/mol. The normalized spacial score (nSPS) is 43.1. The van der Waals surface area contributed by atoms with Gasteiger partial charge in [0.05, 0.1) is 11.7 Å². The molecule has 2 aliphatic carbocycles. The first-order valence-corrected chi connectivity index (χ1v) is 8.89. The Hall–Kier alpha value is -0.600. The van der Waals surface area contributed by atoms with Crippen LogP contribution in [0.15, 0.2) is 23.8 Å². The summed E-state index contributed by atoms with van der Waals surface area (Å²) in [7, 11) is 0. The van der Waals surface area contributed by atoms with Crippen LogP contribution < -0.4 is 0 Å². The smallest absolute Gasteiger partial charge is 0.0623 e. The summed E-state index contributed by atoms with van der Waals surface area (Å²) in [6, 6.07) is 0. The van der Waals surface area contributed by atoms with Crippen molar-refractivity contribution in [3.05, 3.63) is 23.8 Å². The first-order valence-electron chi connectivity index (χ1n) is 8.89. The standard InChI is InChI=1S/C20H34O2/c1-14-7-6-8-15(2)13-17(21)18-16(19(3,4)22)10-12-20(18,5)11-9-14/h8-9,11,14,16-18,21-22H,6-7,10,12-13H2,1-5H3/b11-9?,15-8-/t14-,16-,17+,18-,20+/m0/s1. The Balaban J connectivity index is 2.39. The van der Waals surface area contributed by atoms with Gasteiger partial charge in [0.1, 0.15) is 0 Å². The Morgan fingerprint density at radius 3 is 2.59 bits per heavy atom. The Bertz CT molecular complexity index is 443. The average molecular weight is 306 g/mol. The minimum Gasteiger partial charge on any atom is -0.392 e. The Morgan fingerprint density at radius 1 is 1.27 bits per heavy atom. The molecule has 22 heavy (non-hydrogen) atoms. The molecule has 0 aliphatic heterocycles. The number of hydrogen-bond donors (Lipinski definition) is 2. The highest BCUT2D eigenvalue weighted by Gasteiger charge is 2.51. The molecule has 2 rings (SSSR count). The molecule has 0 aromatic heterocycles. The highest BCUT2D eigenvalue weighted by molar-refractivity contribution is 5.14. The highest BCUT2D eigenvalue weighted by Crippen LogP contribution is 2.54. The Labute approximate surface area is 136 Å². The van der Waals surface area contributed by atoms with Crippen LogP contribution in [0.4, 0.5) is 0 Å². The van der Waals surface area contributed by atoms with Crippen LogP contribution in [0.2, 0.25) is 0 Å². The molecule has 0 bridgehead atoms. The summed E-state index contributed by atoms with van der Waals surface area (Å²) in [6.07, 6.45) is 11.6. The van der Waals surface area contributed by atoms with E-state index in [1.54, 1.807) is 0 Å². The molecule has 2 aliphatic rings. The second-order valence-corrected chi connectivity index (χ2v) is 8.57. The lowest BCUT2D eigenvalue weighted by Gasteiger charge is -2.40. The van der Waals surface area contributed by atoms with E-state index in [0.29, 0.717) is 5.92 Å². The quantitative estimate of drug-likeness (QED) is 0.702. The van der Waals surface area contributed by atoms with Crippen LogP contribution in [-0.4, -0.2) is 21.9 Å². The molecule has 0 radical (unpaired) electrons. The number of aliphatic hydroxyl groups is 2. The highest BCUT2D eigenvalue weighted by atomic mass is 16.3. The summed E-state index contributed by atoms with van der Waals surface area (Å²) in [4.78, 5) is 0. The first-order chi connectivity index (χ1) is 10.1. The molecular weight excluding hydrogens is 272 g/mol. The number of allylic oxidation sites excluding steroid dienone is 3. The van der Waals surface area contributed by atoms with Gasteiger partial charge in [-0.05, 0) is 76.0 Å². The van der Waals surface area contributed by atoms with Gasteiger partial charge in [0.2, 0.25) is 0 Å². The third kappa shape index (κ3) is 3.83. The number of fused-ring (bicyclic) bond motifs is 1. The predicted molar refractivity (Wildman–Crippen MR) is 92.5 cm³/mol. The molecular formula is C20H34O2. The second-order valence-electron chi connectivity index (χ2n) is 8.57. The van der Waals surface area contributed by atoms with E-state index >= 15 is 0 Å². The van der Waals surface area contributed by atoms with Gasteiger partial charge in [-0.1, -0.05) is 37.6 Å². The molecule has 0 saturated heterocycles. The van der Waals surface area contributed by atoms with E-state index in [1.807, 2.05) is 13.8 Å². The van der Waals surface area contributed by atoms with Gasteiger partial charge in [-0.25, -0.2) is 0 Å². The molecule has 126 valence electrons. The fraction of sp³-hybridized carbons (Fsp3) is 0.800. The van der Waals surface area contributed by atoms with Crippen molar-refractivity contribution in [3.63, 3.8) is 0 Å². The lowest BCUT2D eigenvalue weighted by molar-refractivity contribution is -0.0509. The SMILES string of the molecule is C/C1=C/CC[C@H](C)C=C[C@]2(C)CC[C@H](C(C)(C)O)[C@H]2[C@H](O)C1. The minimum absolute atomic E-state index is 0.0109. The third-order valence-electron chi connectivity index (χ3n) is 5.96.